The molecule has 4 rings (SSSR count). The SMILES string of the molecule is Cc1c(Cl)cccc1N1CCn2c1nc1c2c(=O)n(C)c(=O)n1C. The highest BCUT2D eigenvalue weighted by atomic mass is 35.5. The summed E-state index contributed by atoms with van der Waals surface area (Å²) in [6.45, 7) is 3.29. The molecule has 7 nitrogen and oxygen atoms in total. The fourth-order valence-electron chi connectivity index (χ4n) is 3.27. The number of rotatable bonds is 1. The molecule has 0 amide bonds. The number of imidazole rings is 1. The van der Waals surface area contributed by atoms with Crippen molar-refractivity contribution in [2.75, 3.05) is 11.4 Å². The lowest BCUT2D eigenvalue weighted by atomic mass is 10.2. The monoisotopic (exact) mass is 345 g/mol. The lowest BCUT2D eigenvalue weighted by Crippen LogP contribution is -2.37. The van der Waals surface area contributed by atoms with Crippen molar-refractivity contribution in [1.82, 2.24) is 18.7 Å². The van der Waals surface area contributed by atoms with Gasteiger partial charge >= 0.3 is 5.69 Å². The van der Waals surface area contributed by atoms with Crippen LogP contribution in [0.2, 0.25) is 5.02 Å². The van der Waals surface area contributed by atoms with Gasteiger partial charge in [-0.25, -0.2) is 4.79 Å². The van der Waals surface area contributed by atoms with E-state index in [2.05, 4.69) is 4.98 Å². The third-order valence-corrected chi connectivity index (χ3v) is 5.06. The third kappa shape index (κ3) is 1.81. The average molecular weight is 346 g/mol. The maximum Gasteiger partial charge on any atom is 0.332 e. The fraction of sp³-hybridized carbons (Fsp3) is 0.312. The largest absolute Gasteiger partial charge is 0.332 e. The Balaban J connectivity index is 2.02. The predicted octanol–water partition coefficient (Wildman–Crippen LogP) is 1.55. The van der Waals surface area contributed by atoms with Crippen LogP contribution in [0.25, 0.3) is 11.2 Å². The molecule has 0 bridgehead atoms. The Morgan fingerprint density at radius 1 is 1.12 bits per heavy atom. The van der Waals surface area contributed by atoms with Crippen LogP contribution in [-0.2, 0) is 20.6 Å². The third-order valence-electron chi connectivity index (χ3n) is 4.65. The molecule has 0 unspecified atom stereocenters. The van der Waals surface area contributed by atoms with Gasteiger partial charge in [0.25, 0.3) is 5.56 Å². The van der Waals surface area contributed by atoms with Gasteiger partial charge in [-0.1, -0.05) is 17.7 Å². The number of aryl methyl sites for hydroxylation is 1. The maximum atomic E-state index is 12.5. The summed E-state index contributed by atoms with van der Waals surface area (Å²) in [5.41, 5.74) is 2.07. The topological polar surface area (TPSA) is 65.1 Å². The summed E-state index contributed by atoms with van der Waals surface area (Å²) in [7, 11) is 3.11. The van der Waals surface area contributed by atoms with Crippen molar-refractivity contribution >= 4 is 34.4 Å². The lowest BCUT2D eigenvalue weighted by Gasteiger charge is -2.19. The van der Waals surface area contributed by atoms with Crippen molar-refractivity contribution in [2.45, 2.75) is 13.5 Å². The lowest BCUT2D eigenvalue weighted by molar-refractivity contribution is 0.700. The number of fused-ring (bicyclic) bond motifs is 3. The molecule has 1 aliphatic rings. The Labute approximate surface area is 142 Å². The van der Waals surface area contributed by atoms with E-state index in [0.29, 0.717) is 35.2 Å². The van der Waals surface area contributed by atoms with E-state index in [4.69, 9.17) is 11.6 Å². The van der Waals surface area contributed by atoms with Crippen LogP contribution in [0.4, 0.5) is 11.6 Å². The van der Waals surface area contributed by atoms with E-state index in [-0.39, 0.29) is 11.2 Å². The molecule has 1 aromatic carbocycles. The molecule has 0 atom stereocenters. The molecule has 8 heteroatoms. The minimum atomic E-state index is -0.380. The molecule has 0 radical (unpaired) electrons. The number of hydrogen-bond donors (Lipinski definition) is 0. The molecule has 0 spiro atoms. The van der Waals surface area contributed by atoms with Crippen molar-refractivity contribution < 1.29 is 0 Å². The van der Waals surface area contributed by atoms with E-state index >= 15 is 0 Å². The molecule has 0 saturated heterocycles. The first-order valence-corrected chi connectivity index (χ1v) is 7.98. The molecule has 124 valence electrons. The number of benzene rings is 1. The average Bonchev–Trinajstić information content (AvgIpc) is 3.13. The predicted molar refractivity (Wildman–Crippen MR) is 93.4 cm³/mol. The molecule has 1 aliphatic heterocycles. The molecule has 24 heavy (non-hydrogen) atoms. The zero-order valence-electron chi connectivity index (χ0n) is 13.6. The summed E-state index contributed by atoms with van der Waals surface area (Å²) < 4.78 is 4.40. The molecule has 2 aromatic heterocycles. The van der Waals surface area contributed by atoms with Crippen molar-refractivity contribution in [1.29, 1.82) is 0 Å². The van der Waals surface area contributed by atoms with Gasteiger partial charge < -0.3 is 9.47 Å². The molecule has 0 aliphatic carbocycles. The van der Waals surface area contributed by atoms with E-state index in [1.165, 1.54) is 11.6 Å². The van der Waals surface area contributed by atoms with Gasteiger partial charge in [0.15, 0.2) is 11.2 Å². The second-order valence-corrected chi connectivity index (χ2v) is 6.38. The molecule has 0 saturated carbocycles. The van der Waals surface area contributed by atoms with Gasteiger partial charge in [0.2, 0.25) is 5.95 Å². The van der Waals surface area contributed by atoms with Crippen LogP contribution in [0.3, 0.4) is 0 Å². The zero-order chi connectivity index (χ0) is 17.2. The fourth-order valence-corrected chi connectivity index (χ4v) is 3.44. The Hall–Kier alpha value is -2.54. The van der Waals surface area contributed by atoms with Crippen molar-refractivity contribution in [3.05, 3.63) is 49.6 Å². The van der Waals surface area contributed by atoms with Crippen LogP contribution >= 0.6 is 11.6 Å². The Bertz CT molecular complexity index is 1110. The van der Waals surface area contributed by atoms with Gasteiger partial charge in [-0.05, 0) is 24.6 Å². The van der Waals surface area contributed by atoms with Crippen LogP contribution < -0.4 is 16.1 Å². The van der Waals surface area contributed by atoms with E-state index in [0.717, 1.165) is 15.8 Å². The first-order chi connectivity index (χ1) is 11.4. The molecule has 0 N–H and O–H groups in total. The second-order valence-electron chi connectivity index (χ2n) is 5.98. The Kier molecular flexibility index (Phi) is 3.11. The van der Waals surface area contributed by atoms with E-state index in [9.17, 15) is 9.59 Å². The van der Waals surface area contributed by atoms with Crippen molar-refractivity contribution in [3.8, 4) is 0 Å². The second kappa shape index (κ2) is 4.98. The zero-order valence-corrected chi connectivity index (χ0v) is 14.3. The van der Waals surface area contributed by atoms with E-state index < -0.39 is 0 Å². The molecule has 3 aromatic rings. The van der Waals surface area contributed by atoms with Crippen LogP contribution in [0.1, 0.15) is 5.56 Å². The molecule has 0 fully saturated rings. The van der Waals surface area contributed by atoms with Gasteiger partial charge in [-0.3, -0.25) is 13.9 Å². The Morgan fingerprint density at radius 2 is 1.88 bits per heavy atom. The van der Waals surface area contributed by atoms with Gasteiger partial charge in [0, 0.05) is 37.9 Å². The summed E-state index contributed by atoms with van der Waals surface area (Å²) >= 11 is 6.24. The van der Waals surface area contributed by atoms with Gasteiger partial charge in [-0.2, -0.15) is 4.98 Å². The number of aromatic nitrogens is 4. The number of halogens is 1. The summed E-state index contributed by atoms with van der Waals surface area (Å²) in [4.78, 5) is 31.3. The van der Waals surface area contributed by atoms with Gasteiger partial charge in [0.05, 0.1) is 0 Å². The number of anilines is 2. The van der Waals surface area contributed by atoms with Crippen molar-refractivity contribution in [3.63, 3.8) is 0 Å². The summed E-state index contributed by atoms with van der Waals surface area (Å²) in [6, 6.07) is 5.72. The quantitative estimate of drug-likeness (QED) is 0.671. The maximum absolute atomic E-state index is 12.5. The highest BCUT2D eigenvalue weighted by molar-refractivity contribution is 6.31. The molecular weight excluding hydrogens is 330 g/mol. The van der Waals surface area contributed by atoms with E-state index in [1.54, 1.807) is 7.05 Å². The summed E-state index contributed by atoms with van der Waals surface area (Å²) in [5.74, 6) is 0.661. The van der Waals surface area contributed by atoms with Crippen LogP contribution in [0.15, 0.2) is 27.8 Å². The van der Waals surface area contributed by atoms with E-state index in [1.807, 2.05) is 34.6 Å². The number of nitrogens with zero attached hydrogens (tertiary/aromatic N) is 5. The minimum absolute atomic E-state index is 0.323. The van der Waals surface area contributed by atoms with Crippen LogP contribution in [-0.4, -0.2) is 25.2 Å². The van der Waals surface area contributed by atoms with Crippen molar-refractivity contribution in [2.24, 2.45) is 14.1 Å². The minimum Gasteiger partial charge on any atom is -0.310 e. The summed E-state index contributed by atoms with van der Waals surface area (Å²) in [6.07, 6.45) is 0. The highest BCUT2D eigenvalue weighted by Crippen LogP contribution is 2.35. The smallest absolute Gasteiger partial charge is 0.310 e. The molecule has 3 heterocycles. The van der Waals surface area contributed by atoms with Gasteiger partial charge in [0.1, 0.15) is 0 Å². The normalized spacial score (nSPS) is 13.8. The highest BCUT2D eigenvalue weighted by Gasteiger charge is 2.29. The molecular formula is C16H16ClN5O2. The van der Waals surface area contributed by atoms with Crippen LogP contribution in [0, 0.1) is 6.92 Å². The number of hydrogen-bond acceptors (Lipinski definition) is 4. The standard InChI is InChI=1S/C16H16ClN5O2/c1-9-10(17)5-4-6-11(9)21-7-8-22-12-13(18-15(21)22)19(2)16(24)20(3)14(12)23/h4-6H,7-8H2,1-3H3. The first-order valence-electron chi connectivity index (χ1n) is 7.60. The first kappa shape index (κ1) is 15.0. The summed E-state index contributed by atoms with van der Waals surface area (Å²) in [5, 5.41) is 0.686. The van der Waals surface area contributed by atoms with Crippen LogP contribution in [0.5, 0.6) is 0 Å². The van der Waals surface area contributed by atoms with Gasteiger partial charge in [-0.15, -0.1) is 0 Å². The Morgan fingerprint density at radius 3 is 2.62 bits per heavy atom.